The minimum absolute atomic E-state index is 0.0421. The molecule has 0 fully saturated rings. The van der Waals surface area contributed by atoms with Crippen LogP contribution in [0.2, 0.25) is 0 Å². The van der Waals surface area contributed by atoms with E-state index < -0.39 is 15.9 Å². The van der Waals surface area contributed by atoms with E-state index in [1.165, 1.54) is 18.9 Å². The maximum Gasteiger partial charge on any atom is 0.289 e. The highest BCUT2D eigenvalue weighted by Gasteiger charge is 2.23. The number of nitrogens with zero attached hydrogens (tertiary/aromatic N) is 1. The number of carbonyl (C=O) groups excluding carboxylic acids is 1. The first-order valence-corrected chi connectivity index (χ1v) is 7.27. The van der Waals surface area contributed by atoms with Crippen molar-refractivity contribution in [2.24, 2.45) is 5.14 Å². The zero-order chi connectivity index (χ0) is 14.6. The first kappa shape index (κ1) is 15.7. The average Bonchev–Trinajstić information content (AvgIpc) is 2.72. The van der Waals surface area contributed by atoms with Gasteiger partial charge in [0, 0.05) is 26.3 Å². The van der Waals surface area contributed by atoms with Gasteiger partial charge in [0.15, 0.2) is 5.76 Å². The number of likely N-dealkylation sites (N-methyl/N-ethyl adjacent to an activating group) is 1. The lowest BCUT2D eigenvalue weighted by Crippen LogP contribution is -2.33. The number of furan rings is 1. The number of rotatable bonds is 6. The van der Waals surface area contributed by atoms with E-state index in [1.54, 1.807) is 0 Å². The molecule has 0 radical (unpaired) electrons. The summed E-state index contributed by atoms with van der Waals surface area (Å²) in [5, 5.41) is 5.03. The summed E-state index contributed by atoms with van der Waals surface area (Å²) in [5.41, 5.74) is 0. The Morgan fingerprint density at radius 1 is 1.53 bits per heavy atom. The monoisotopic (exact) mass is 290 g/mol. The van der Waals surface area contributed by atoms with Crippen LogP contribution in [-0.4, -0.2) is 46.0 Å². The molecule has 0 spiro atoms. The fourth-order valence-corrected chi connectivity index (χ4v) is 2.33. The van der Waals surface area contributed by atoms with Gasteiger partial charge in [0.25, 0.3) is 5.91 Å². The quantitative estimate of drug-likeness (QED) is 0.814. The van der Waals surface area contributed by atoms with Crippen LogP contribution >= 0.6 is 0 Å². The van der Waals surface area contributed by atoms with Gasteiger partial charge in [0.05, 0.1) is 6.61 Å². The van der Waals surface area contributed by atoms with E-state index in [4.69, 9.17) is 14.3 Å². The van der Waals surface area contributed by atoms with E-state index in [1.807, 2.05) is 6.92 Å². The van der Waals surface area contributed by atoms with Gasteiger partial charge in [-0.15, -0.1) is 0 Å². The van der Waals surface area contributed by atoms with Gasteiger partial charge in [0.2, 0.25) is 10.0 Å². The number of carbonyl (C=O) groups is 1. The normalized spacial score (nSPS) is 11.6. The van der Waals surface area contributed by atoms with Crippen LogP contribution in [0.4, 0.5) is 0 Å². The van der Waals surface area contributed by atoms with Crippen LogP contribution in [0.25, 0.3) is 0 Å². The van der Waals surface area contributed by atoms with Crippen LogP contribution in [0.1, 0.15) is 23.2 Å². The summed E-state index contributed by atoms with van der Waals surface area (Å²) >= 11 is 0. The van der Waals surface area contributed by atoms with Crippen LogP contribution < -0.4 is 5.14 Å². The lowest BCUT2D eigenvalue weighted by Gasteiger charge is -2.18. The Kier molecular flexibility index (Phi) is 5.10. The van der Waals surface area contributed by atoms with E-state index in [0.29, 0.717) is 19.7 Å². The first-order chi connectivity index (χ1) is 8.81. The summed E-state index contributed by atoms with van der Waals surface area (Å²) in [4.78, 5) is 13.4. The predicted molar refractivity (Wildman–Crippen MR) is 68.3 cm³/mol. The largest absolute Gasteiger partial charge is 0.455 e. The molecule has 0 saturated carbocycles. The van der Waals surface area contributed by atoms with Crippen molar-refractivity contribution >= 4 is 15.9 Å². The Morgan fingerprint density at radius 2 is 2.16 bits per heavy atom. The Bertz CT molecular complexity index is 549. The van der Waals surface area contributed by atoms with Gasteiger partial charge in [-0.2, -0.15) is 0 Å². The summed E-state index contributed by atoms with van der Waals surface area (Å²) < 4.78 is 32.6. The Hall–Kier alpha value is -1.38. The van der Waals surface area contributed by atoms with Gasteiger partial charge >= 0.3 is 0 Å². The summed E-state index contributed by atoms with van der Waals surface area (Å²) in [6.07, 6.45) is 0. The SMILES string of the molecule is CCN(CCOC)C(=O)c1cc(S(N)(=O)=O)c(C)o1. The van der Waals surface area contributed by atoms with Crippen LogP contribution in [0, 0.1) is 6.92 Å². The molecular weight excluding hydrogens is 272 g/mol. The average molecular weight is 290 g/mol. The van der Waals surface area contributed by atoms with E-state index in [9.17, 15) is 13.2 Å². The molecule has 0 aliphatic rings. The second kappa shape index (κ2) is 6.18. The third kappa shape index (κ3) is 3.79. The molecule has 0 bridgehead atoms. The highest BCUT2D eigenvalue weighted by Crippen LogP contribution is 2.19. The second-order valence-corrected chi connectivity index (χ2v) is 5.48. The topological polar surface area (TPSA) is 103 Å². The fraction of sp³-hybridized carbons (Fsp3) is 0.545. The third-order valence-electron chi connectivity index (χ3n) is 2.62. The maximum atomic E-state index is 12.1. The number of aryl methyl sites for hydroxylation is 1. The molecule has 0 aromatic carbocycles. The molecule has 0 aliphatic heterocycles. The first-order valence-electron chi connectivity index (χ1n) is 5.72. The third-order valence-corrected chi connectivity index (χ3v) is 3.64. The zero-order valence-electron chi connectivity index (χ0n) is 11.2. The summed E-state index contributed by atoms with van der Waals surface area (Å²) in [7, 11) is -2.35. The van der Waals surface area contributed by atoms with Crippen molar-refractivity contribution in [2.45, 2.75) is 18.7 Å². The molecule has 19 heavy (non-hydrogen) atoms. The molecule has 8 heteroatoms. The molecule has 1 amide bonds. The van der Waals surface area contributed by atoms with Crippen LogP contribution in [0.3, 0.4) is 0 Å². The molecule has 7 nitrogen and oxygen atoms in total. The summed E-state index contributed by atoms with van der Waals surface area (Å²) in [5.74, 6) is -0.328. The van der Waals surface area contributed by atoms with Crippen molar-refractivity contribution in [3.8, 4) is 0 Å². The number of hydrogen-bond donors (Lipinski definition) is 1. The van der Waals surface area contributed by atoms with Gasteiger partial charge < -0.3 is 14.1 Å². The molecule has 0 unspecified atom stereocenters. The van der Waals surface area contributed by atoms with Crippen LogP contribution in [0.15, 0.2) is 15.4 Å². The molecule has 0 aliphatic carbocycles. The standard InChI is InChI=1S/C11H18N2O5S/c1-4-13(5-6-17-3)11(14)9-7-10(8(2)18-9)19(12,15)16/h7H,4-6H2,1-3H3,(H2,12,15,16). The highest BCUT2D eigenvalue weighted by atomic mass is 32.2. The maximum absolute atomic E-state index is 12.1. The number of hydrogen-bond acceptors (Lipinski definition) is 5. The lowest BCUT2D eigenvalue weighted by molar-refractivity contribution is 0.0674. The number of methoxy groups -OCH3 is 1. The fourth-order valence-electron chi connectivity index (χ4n) is 1.61. The number of primary sulfonamides is 1. The molecule has 0 atom stereocenters. The van der Waals surface area contributed by atoms with Crippen molar-refractivity contribution in [1.29, 1.82) is 0 Å². The molecule has 2 N–H and O–H groups in total. The molecular formula is C11H18N2O5S. The minimum atomic E-state index is -3.88. The van der Waals surface area contributed by atoms with Crippen molar-refractivity contribution in [2.75, 3.05) is 26.8 Å². The van der Waals surface area contributed by atoms with E-state index in [2.05, 4.69) is 0 Å². The second-order valence-electron chi connectivity index (χ2n) is 3.95. The molecule has 108 valence electrons. The number of nitrogens with two attached hydrogens (primary N) is 1. The summed E-state index contributed by atoms with van der Waals surface area (Å²) in [6, 6.07) is 1.16. The molecule has 1 aromatic heterocycles. The Labute approximate surface area is 112 Å². The van der Waals surface area contributed by atoms with Gasteiger partial charge in [0.1, 0.15) is 10.7 Å². The Morgan fingerprint density at radius 3 is 2.58 bits per heavy atom. The number of amides is 1. The van der Waals surface area contributed by atoms with Crippen molar-refractivity contribution in [1.82, 2.24) is 4.90 Å². The lowest BCUT2D eigenvalue weighted by atomic mass is 10.3. The number of sulfonamides is 1. The predicted octanol–water partition coefficient (Wildman–Crippen LogP) is 0.344. The van der Waals surface area contributed by atoms with Gasteiger partial charge in [-0.25, -0.2) is 13.6 Å². The smallest absolute Gasteiger partial charge is 0.289 e. The Balaban J connectivity index is 3.00. The van der Waals surface area contributed by atoms with Crippen molar-refractivity contribution in [3.05, 3.63) is 17.6 Å². The van der Waals surface area contributed by atoms with Crippen molar-refractivity contribution in [3.63, 3.8) is 0 Å². The number of ether oxygens (including phenoxy) is 1. The molecule has 1 rings (SSSR count). The van der Waals surface area contributed by atoms with E-state index in [-0.39, 0.29) is 16.4 Å². The summed E-state index contributed by atoms with van der Waals surface area (Å²) in [6.45, 7) is 4.51. The van der Waals surface area contributed by atoms with E-state index >= 15 is 0 Å². The van der Waals surface area contributed by atoms with E-state index in [0.717, 1.165) is 6.07 Å². The van der Waals surface area contributed by atoms with Gasteiger partial charge in [-0.3, -0.25) is 4.79 Å². The molecule has 0 saturated heterocycles. The van der Waals surface area contributed by atoms with Crippen LogP contribution in [0.5, 0.6) is 0 Å². The highest BCUT2D eigenvalue weighted by molar-refractivity contribution is 7.89. The molecule has 1 heterocycles. The molecule has 1 aromatic rings. The zero-order valence-corrected chi connectivity index (χ0v) is 12.0. The van der Waals surface area contributed by atoms with Gasteiger partial charge in [-0.1, -0.05) is 0 Å². The van der Waals surface area contributed by atoms with Gasteiger partial charge in [-0.05, 0) is 13.8 Å². The minimum Gasteiger partial charge on any atom is -0.455 e. The van der Waals surface area contributed by atoms with Crippen LogP contribution in [-0.2, 0) is 14.8 Å². The van der Waals surface area contributed by atoms with Crippen molar-refractivity contribution < 1.29 is 22.4 Å².